The zero-order valence-corrected chi connectivity index (χ0v) is 18.5. The predicted molar refractivity (Wildman–Crippen MR) is 114 cm³/mol. The third-order valence-corrected chi connectivity index (χ3v) is 5.53. The first kappa shape index (κ1) is 20.8. The predicted octanol–water partition coefficient (Wildman–Crippen LogP) is 3.83. The summed E-state index contributed by atoms with van der Waals surface area (Å²) in [5.41, 5.74) is 3.25. The molecule has 6 nitrogen and oxygen atoms in total. The largest absolute Gasteiger partial charge is 0.351 e. The monoisotopic (exact) mass is 385 g/mol. The lowest BCUT2D eigenvalue weighted by atomic mass is 10.1. The van der Waals surface area contributed by atoms with E-state index in [0.717, 1.165) is 48.4 Å². The maximum absolute atomic E-state index is 13.1. The summed E-state index contributed by atoms with van der Waals surface area (Å²) in [6.07, 6.45) is 2.31. The molecular weight excluding hydrogens is 350 g/mol. The van der Waals surface area contributed by atoms with Gasteiger partial charge in [-0.2, -0.15) is 5.10 Å². The molecule has 0 radical (unpaired) electrons. The summed E-state index contributed by atoms with van der Waals surface area (Å²) < 4.78 is 1.97. The molecule has 0 saturated heterocycles. The molecule has 1 aliphatic carbocycles. The maximum Gasteiger partial charge on any atom is 0.252 e. The first-order valence-corrected chi connectivity index (χ1v) is 10.6. The van der Waals surface area contributed by atoms with E-state index in [2.05, 4.69) is 51.8 Å². The molecule has 1 amide bonds. The standard InChI is InChI=1S/C22H35N5O/c1-8-26(14(2)3)12-11-23-21(28)17-13-18(16-9-10-16)24-20-19(17)15(4)25-27(20)22(5,6)7/h13-14,16H,8-12H2,1-7H3,(H,23,28). The van der Waals surface area contributed by atoms with Crippen LogP contribution in [0.5, 0.6) is 0 Å². The Kier molecular flexibility index (Phi) is 5.80. The van der Waals surface area contributed by atoms with Crippen molar-refractivity contribution in [1.82, 2.24) is 25.0 Å². The molecule has 2 aromatic rings. The minimum absolute atomic E-state index is 0.0225. The Balaban J connectivity index is 1.93. The molecule has 0 aliphatic heterocycles. The van der Waals surface area contributed by atoms with E-state index in [4.69, 9.17) is 10.1 Å². The average Bonchev–Trinajstić information content (AvgIpc) is 3.40. The second-order valence-electron chi connectivity index (χ2n) is 9.21. The van der Waals surface area contributed by atoms with E-state index in [-0.39, 0.29) is 11.4 Å². The lowest BCUT2D eigenvalue weighted by Gasteiger charge is -2.24. The number of nitrogens with zero attached hydrogens (tertiary/aromatic N) is 4. The Labute approximate surface area is 168 Å². The second-order valence-corrected chi connectivity index (χ2v) is 9.21. The van der Waals surface area contributed by atoms with Gasteiger partial charge in [0.25, 0.3) is 5.91 Å². The Bertz CT molecular complexity index is 858. The van der Waals surface area contributed by atoms with Gasteiger partial charge in [0, 0.05) is 30.7 Å². The van der Waals surface area contributed by atoms with Crippen molar-refractivity contribution >= 4 is 16.9 Å². The Morgan fingerprint density at radius 3 is 2.57 bits per heavy atom. The SMILES string of the molecule is CCN(CCNC(=O)c1cc(C2CC2)nc2c1c(C)nn2C(C)(C)C)C(C)C. The fourth-order valence-electron chi connectivity index (χ4n) is 3.73. The maximum atomic E-state index is 13.1. The van der Waals surface area contributed by atoms with Gasteiger partial charge in [0.05, 0.1) is 22.2 Å². The van der Waals surface area contributed by atoms with E-state index in [1.54, 1.807) is 0 Å². The Morgan fingerprint density at radius 1 is 1.36 bits per heavy atom. The van der Waals surface area contributed by atoms with Gasteiger partial charge in [-0.25, -0.2) is 9.67 Å². The van der Waals surface area contributed by atoms with Gasteiger partial charge in [-0.05, 0) is 67.0 Å². The molecule has 1 fully saturated rings. The Morgan fingerprint density at radius 2 is 2.04 bits per heavy atom. The van der Waals surface area contributed by atoms with E-state index in [9.17, 15) is 4.79 Å². The molecule has 6 heteroatoms. The summed E-state index contributed by atoms with van der Waals surface area (Å²) in [4.78, 5) is 20.4. The zero-order valence-electron chi connectivity index (χ0n) is 18.5. The van der Waals surface area contributed by atoms with Gasteiger partial charge >= 0.3 is 0 Å². The van der Waals surface area contributed by atoms with Gasteiger partial charge in [0.1, 0.15) is 0 Å². The smallest absolute Gasteiger partial charge is 0.252 e. The van der Waals surface area contributed by atoms with Gasteiger partial charge in [-0.15, -0.1) is 0 Å². The normalized spacial score (nSPS) is 15.0. The molecule has 3 rings (SSSR count). The van der Waals surface area contributed by atoms with Gasteiger partial charge in [0.2, 0.25) is 0 Å². The van der Waals surface area contributed by atoms with Crippen LogP contribution in [0.4, 0.5) is 0 Å². The minimum Gasteiger partial charge on any atom is -0.351 e. The van der Waals surface area contributed by atoms with Crippen molar-refractivity contribution in [3.8, 4) is 0 Å². The quantitative estimate of drug-likeness (QED) is 0.787. The zero-order chi connectivity index (χ0) is 20.6. The third-order valence-electron chi connectivity index (χ3n) is 5.53. The van der Waals surface area contributed by atoms with E-state index < -0.39 is 0 Å². The summed E-state index contributed by atoms with van der Waals surface area (Å²) in [6, 6.07) is 2.47. The van der Waals surface area contributed by atoms with Gasteiger partial charge in [0.15, 0.2) is 5.65 Å². The van der Waals surface area contributed by atoms with Crippen LogP contribution in [0.25, 0.3) is 11.0 Å². The van der Waals surface area contributed by atoms with Crippen LogP contribution in [0.2, 0.25) is 0 Å². The van der Waals surface area contributed by atoms with E-state index in [0.29, 0.717) is 24.1 Å². The molecule has 0 bridgehead atoms. The molecule has 1 aliphatic rings. The number of aryl methyl sites for hydroxylation is 1. The Hall–Kier alpha value is -1.95. The number of rotatable bonds is 7. The molecular formula is C22H35N5O. The fourth-order valence-corrected chi connectivity index (χ4v) is 3.73. The number of pyridine rings is 1. The van der Waals surface area contributed by atoms with Crippen molar-refractivity contribution in [2.75, 3.05) is 19.6 Å². The van der Waals surface area contributed by atoms with E-state index >= 15 is 0 Å². The highest BCUT2D eigenvalue weighted by atomic mass is 16.1. The van der Waals surface area contributed by atoms with Gasteiger partial charge < -0.3 is 5.32 Å². The number of aromatic nitrogens is 3. The van der Waals surface area contributed by atoms with E-state index in [1.165, 1.54) is 0 Å². The summed E-state index contributed by atoms with van der Waals surface area (Å²) >= 11 is 0. The topological polar surface area (TPSA) is 63.1 Å². The van der Waals surface area contributed by atoms with Crippen LogP contribution < -0.4 is 5.32 Å². The molecule has 2 aromatic heterocycles. The van der Waals surface area contributed by atoms with Crippen molar-refractivity contribution in [2.24, 2.45) is 0 Å². The molecule has 28 heavy (non-hydrogen) atoms. The minimum atomic E-state index is -0.186. The van der Waals surface area contributed by atoms with Gasteiger partial charge in [-0.3, -0.25) is 9.69 Å². The molecule has 154 valence electrons. The van der Waals surface area contributed by atoms with Crippen molar-refractivity contribution in [3.63, 3.8) is 0 Å². The summed E-state index contributed by atoms with van der Waals surface area (Å²) in [5, 5.41) is 8.75. The van der Waals surface area contributed by atoms with Crippen molar-refractivity contribution < 1.29 is 4.79 Å². The van der Waals surface area contributed by atoms with Crippen LogP contribution in [0.3, 0.4) is 0 Å². The number of amides is 1. The number of likely N-dealkylation sites (N-methyl/N-ethyl adjacent to an activating group) is 1. The van der Waals surface area contributed by atoms with Crippen LogP contribution in [0.15, 0.2) is 6.07 Å². The number of carbonyl (C=O) groups is 1. The van der Waals surface area contributed by atoms with E-state index in [1.807, 2.05) is 17.7 Å². The van der Waals surface area contributed by atoms with Crippen molar-refractivity contribution in [3.05, 3.63) is 23.0 Å². The third kappa shape index (κ3) is 4.22. The van der Waals surface area contributed by atoms with Crippen molar-refractivity contribution in [2.45, 2.75) is 78.8 Å². The van der Waals surface area contributed by atoms with Crippen LogP contribution in [0.1, 0.15) is 82.0 Å². The number of carbonyl (C=O) groups excluding carboxylic acids is 1. The van der Waals surface area contributed by atoms with Crippen LogP contribution in [-0.4, -0.2) is 51.2 Å². The first-order valence-electron chi connectivity index (χ1n) is 10.6. The average molecular weight is 386 g/mol. The highest BCUT2D eigenvalue weighted by Crippen LogP contribution is 2.40. The number of fused-ring (bicyclic) bond motifs is 1. The molecule has 0 unspecified atom stereocenters. The molecule has 0 spiro atoms. The number of hydrogen-bond acceptors (Lipinski definition) is 4. The van der Waals surface area contributed by atoms with Crippen LogP contribution >= 0.6 is 0 Å². The highest BCUT2D eigenvalue weighted by molar-refractivity contribution is 6.06. The summed E-state index contributed by atoms with van der Waals surface area (Å²) in [6.45, 7) is 17.3. The number of nitrogens with one attached hydrogen (secondary N) is 1. The summed E-state index contributed by atoms with van der Waals surface area (Å²) in [7, 11) is 0. The second kappa shape index (κ2) is 7.82. The van der Waals surface area contributed by atoms with Crippen LogP contribution in [0, 0.1) is 6.92 Å². The molecule has 0 aromatic carbocycles. The number of hydrogen-bond donors (Lipinski definition) is 1. The molecule has 2 heterocycles. The summed E-state index contributed by atoms with van der Waals surface area (Å²) in [5.74, 6) is 0.460. The lowest BCUT2D eigenvalue weighted by molar-refractivity contribution is 0.0947. The molecule has 1 saturated carbocycles. The van der Waals surface area contributed by atoms with Gasteiger partial charge in [-0.1, -0.05) is 6.92 Å². The van der Waals surface area contributed by atoms with Crippen molar-refractivity contribution in [1.29, 1.82) is 0 Å². The molecule has 0 atom stereocenters. The lowest BCUT2D eigenvalue weighted by Crippen LogP contribution is -2.38. The fraction of sp³-hybridized carbons (Fsp3) is 0.682. The van der Waals surface area contributed by atoms with Crippen LogP contribution in [-0.2, 0) is 5.54 Å². The first-order chi connectivity index (χ1) is 13.1. The molecule has 1 N–H and O–H groups in total. The highest BCUT2D eigenvalue weighted by Gasteiger charge is 2.30.